The largest absolute Gasteiger partial charge is 0.478 e. The lowest BCUT2D eigenvalue weighted by molar-refractivity contribution is -0.131. The molecule has 1 rings (SSSR count). The quantitative estimate of drug-likeness (QED) is 0.860. The van der Waals surface area contributed by atoms with Crippen molar-refractivity contribution in [2.75, 3.05) is 13.7 Å². The van der Waals surface area contributed by atoms with E-state index in [1.165, 1.54) is 17.4 Å². The zero-order valence-electron chi connectivity index (χ0n) is 7.49. The van der Waals surface area contributed by atoms with Gasteiger partial charge in [0.05, 0.1) is 6.61 Å². The highest BCUT2D eigenvalue weighted by atomic mass is 79.9. The zero-order valence-corrected chi connectivity index (χ0v) is 9.89. The summed E-state index contributed by atoms with van der Waals surface area (Å²) in [5.41, 5.74) is 0.677. The molecule has 76 valence electrons. The molecule has 14 heavy (non-hydrogen) atoms. The standard InChI is InChI=1S/C9H9BrO3S/c1-13-4-6(2-9(11)12)8-3-7(10)5-14-8/h2-3,5H,4H2,1H3,(H,11,12)/b6-2+. The number of halogens is 1. The number of carbonyl (C=O) groups is 1. The van der Waals surface area contributed by atoms with Crippen molar-refractivity contribution in [3.63, 3.8) is 0 Å². The third-order valence-corrected chi connectivity index (χ3v) is 3.25. The van der Waals surface area contributed by atoms with Crippen molar-refractivity contribution in [1.29, 1.82) is 0 Å². The summed E-state index contributed by atoms with van der Waals surface area (Å²) < 4.78 is 5.88. The molecule has 0 aliphatic heterocycles. The van der Waals surface area contributed by atoms with Crippen LogP contribution in [0.2, 0.25) is 0 Å². The number of carboxylic acids is 1. The van der Waals surface area contributed by atoms with Crippen LogP contribution in [0.4, 0.5) is 0 Å². The number of hydrogen-bond acceptors (Lipinski definition) is 3. The van der Waals surface area contributed by atoms with Gasteiger partial charge in [0.2, 0.25) is 0 Å². The molecule has 0 aliphatic carbocycles. The van der Waals surface area contributed by atoms with Crippen molar-refractivity contribution in [2.45, 2.75) is 0 Å². The Morgan fingerprint density at radius 2 is 2.50 bits per heavy atom. The maximum absolute atomic E-state index is 10.5. The summed E-state index contributed by atoms with van der Waals surface area (Å²) in [5.74, 6) is -0.957. The average molecular weight is 277 g/mol. The molecule has 1 aromatic rings. The van der Waals surface area contributed by atoms with Crippen LogP contribution in [0.5, 0.6) is 0 Å². The van der Waals surface area contributed by atoms with Crippen molar-refractivity contribution >= 4 is 38.8 Å². The molecular weight excluding hydrogens is 268 g/mol. The number of hydrogen-bond donors (Lipinski definition) is 1. The zero-order chi connectivity index (χ0) is 10.6. The molecule has 5 heteroatoms. The molecule has 0 aliphatic rings. The fourth-order valence-electron chi connectivity index (χ4n) is 0.970. The Bertz CT molecular complexity index is 357. The molecule has 0 radical (unpaired) electrons. The van der Waals surface area contributed by atoms with Crippen LogP contribution in [0.1, 0.15) is 4.88 Å². The Kier molecular flexibility index (Phi) is 4.31. The SMILES string of the molecule is COC/C(=C\C(=O)O)c1cc(Br)cs1. The molecule has 1 N–H and O–H groups in total. The minimum Gasteiger partial charge on any atom is -0.478 e. The topological polar surface area (TPSA) is 46.5 Å². The fourth-order valence-corrected chi connectivity index (χ4v) is 2.40. The summed E-state index contributed by atoms with van der Waals surface area (Å²) in [5, 5.41) is 10.5. The van der Waals surface area contributed by atoms with Gasteiger partial charge in [-0.2, -0.15) is 0 Å². The number of thiophene rings is 1. The first kappa shape index (κ1) is 11.4. The molecule has 3 nitrogen and oxygen atoms in total. The van der Waals surface area contributed by atoms with Gasteiger partial charge >= 0.3 is 5.97 Å². The van der Waals surface area contributed by atoms with Gasteiger partial charge in [0.1, 0.15) is 0 Å². The minimum atomic E-state index is -0.957. The predicted molar refractivity (Wildman–Crippen MR) is 59.5 cm³/mol. The van der Waals surface area contributed by atoms with Crippen LogP contribution in [-0.4, -0.2) is 24.8 Å². The van der Waals surface area contributed by atoms with Crippen molar-refractivity contribution in [1.82, 2.24) is 0 Å². The molecular formula is C9H9BrO3S. The normalized spacial score (nSPS) is 11.7. The summed E-state index contributed by atoms with van der Waals surface area (Å²) in [4.78, 5) is 11.4. The molecule has 0 atom stereocenters. The Balaban J connectivity index is 2.93. The van der Waals surface area contributed by atoms with Crippen LogP contribution in [0.3, 0.4) is 0 Å². The van der Waals surface area contributed by atoms with Gasteiger partial charge in [0.15, 0.2) is 0 Å². The summed E-state index contributed by atoms with van der Waals surface area (Å²) in [6.07, 6.45) is 1.17. The second-order valence-corrected chi connectivity index (χ2v) is 4.40. The van der Waals surface area contributed by atoms with E-state index >= 15 is 0 Å². The molecule has 0 saturated heterocycles. The van der Waals surface area contributed by atoms with Gasteiger partial charge in [-0.05, 0) is 22.0 Å². The highest BCUT2D eigenvalue weighted by molar-refractivity contribution is 9.10. The van der Waals surface area contributed by atoms with Crippen molar-refractivity contribution < 1.29 is 14.6 Å². The van der Waals surface area contributed by atoms with Gasteiger partial charge in [-0.1, -0.05) is 0 Å². The Morgan fingerprint density at radius 3 is 2.93 bits per heavy atom. The third kappa shape index (κ3) is 3.25. The molecule has 0 aromatic carbocycles. The molecule has 0 fully saturated rings. The highest BCUT2D eigenvalue weighted by Crippen LogP contribution is 2.26. The third-order valence-electron chi connectivity index (χ3n) is 1.48. The summed E-state index contributed by atoms with van der Waals surface area (Å²) in [6.45, 7) is 0.305. The van der Waals surface area contributed by atoms with Crippen LogP contribution < -0.4 is 0 Å². The summed E-state index contributed by atoms with van der Waals surface area (Å²) in [6, 6.07) is 1.87. The molecule has 1 heterocycles. The number of aliphatic carboxylic acids is 1. The number of methoxy groups -OCH3 is 1. The Labute approximate surface area is 94.1 Å². The van der Waals surface area contributed by atoms with Crippen LogP contribution in [0.25, 0.3) is 5.57 Å². The predicted octanol–water partition coefficient (Wildman–Crippen LogP) is 2.63. The second kappa shape index (κ2) is 5.29. The van der Waals surface area contributed by atoms with Gasteiger partial charge in [0.25, 0.3) is 0 Å². The van der Waals surface area contributed by atoms with Crippen LogP contribution in [0.15, 0.2) is 22.0 Å². The number of carboxylic acid groups (broad SMARTS) is 1. The average Bonchev–Trinajstić information content (AvgIpc) is 2.50. The molecule has 0 unspecified atom stereocenters. The first-order chi connectivity index (χ1) is 6.63. The molecule has 0 bridgehead atoms. The van der Waals surface area contributed by atoms with Gasteiger partial charge in [-0.15, -0.1) is 11.3 Å². The van der Waals surface area contributed by atoms with E-state index < -0.39 is 5.97 Å². The second-order valence-electron chi connectivity index (χ2n) is 2.57. The first-order valence-electron chi connectivity index (χ1n) is 3.80. The maximum atomic E-state index is 10.5. The monoisotopic (exact) mass is 276 g/mol. The van der Waals surface area contributed by atoms with E-state index in [1.54, 1.807) is 7.11 Å². The number of ether oxygens (including phenoxy) is 1. The van der Waals surface area contributed by atoms with E-state index in [1.807, 2.05) is 11.4 Å². The highest BCUT2D eigenvalue weighted by Gasteiger charge is 2.06. The van der Waals surface area contributed by atoms with Crippen LogP contribution >= 0.6 is 27.3 Å². The summed E-state index contributed by atoms with van der Waals surface area (Å²) in [7, 11) is 1.54. The van der Waals surface area contributed by atoms with Gasteiger partial charge in [-0.3, -0.25) is 0 Å². The van der Waals surface area contributed by atoms with Gasteiger partial charge in [0, 0.05) is 33.5 Å². The molecule has 1 aromatic heterocycles. The van der Waals surface area contributed by atoms with Crippen molar-refractivity contribution in [3.05, 3.63) is 26.9 Å². The van der Waals surface area contributed by atoms with E-state index in [9.17, 15) is 4.79 Å². The van der Waals surface area contributed by atoms with E-state index in [-0.39, 0.29) is 0 Å². The van der Waals surface area contributed by atoms with Crippen LogP contribution in [0, 0.1) is 0 Å². The Morgan fingerprint density at radius 1 is 1.79 bits per heavy atom. The lowest BCUT2D eigenvalue weighted by atomic mass is 10.2. The summed E-state index contributed by atoms with van der Waals surface area (Å²) >= 11 is 4.79. The van der Waals surface area contributed by atoms with Gasteiger partial charge in [-0.25, -0.2) is 4.79 Å². The molecule has 0 saturated carbocycles. The first-order valence-corrected chi connectivity index (χ1v) is 5.47. The molecule has 0 amide bonds. The molecule has 0 spiro atoms. The van der Waals surface area contributed by atoms with Crippen molar-refractivity contribution in [3.8, 4) is 0 Å². The fraction of sp³-hybridized carbons (Fsp3) is 0.222. The van der Waals surface area contributed by atoms with Crippen molar-refractivity contribution in [2.24, 2.45) is 0 Å². The van der Waals surface area contributed by atoms with Gasteiger partial charge < -0.3 is 9.84 Å². The lowest BCUT2D eigenvalue weighted by Crippen LogP contribution is -1.97. The van der Waals surface area contributed by atoms with E-state index in [0.29, 0.717) is 12.2 Å². The minimum absolute atomic E-state index is 0.305. The van der Waals surface area contributed by atoms with E-state index in [0.717, 1.165) is 9.35 Å². The smallest absolute Gasteiger partial charge is 0.328 e. The van der Waals surface area contributed by atoms with E-state index in [4.69, 9.17) is 9.84 Å². The number of rotatable bonds is 4. The lowest BCUT2D eigenvalue weighted by Gasteiger charge is -2.01. The maximum Gasteiger partial charge on any atom is 0.328 e. The Hall–Kier alpha value is -0.650. The van der Waals surface area contributed by atoms with Crippen LogP contribution in [-0.2, 0) is 9.53 Å². The van der Waals surface area contributed by atoms with E-state index in [2.05, 4.69) is 15.9 Å².